The summed E-state index contributed by atoms with van der Waals surface area (Å²) in [4.78, 5) is 33.3. The number of rotatable bonds is 3. The molecule has 4 rings (SSSR count). The molecule has 0 spiro atoms. The van der Waals surface area contributed by atoms with Gasteiger partial charge in [-0.25, -0.2) is 4.98 Å². The van der Waals surface area contributed by atoms with Crippen molar-refractivity contribution in [2.75, 3.05) is 14.1 Å². The van der Waals surface area contributed by atoms with Crippen molar-refractivity contribution in [2.45, 2.75) is 103 Å². The van der Waals surface area contributed by atoms with Crippen molar-refractivity contribution in [2.24, 2.45) is 17.3 Å². The summed E-state index contributed by atoms with van der Waals surface area (Å²) >= 11 is 1.65. The predicted molar refractivity (Wildman–Crippen MR) is 151 cm³/mol. The van der Waals surface area contributed by atoms with Crippen LogP contribution in [-0.4, -0.2) is 69.9 Å². The number of carbonyl (C=O) groups excluding carboxylic acids is 2. The van der Waals surface area contributed by atoms with Crippen LogP contribution in [0.15, 0.2) is 18.2 Å². The van der Waals surface area contributed by atoms with Crippen molar-refractivity contribution in [3.05, 3.63) is 28.8 Å². The predicted octanol–water partition coefficient (Wildman–Crippen LogP) is 4.65. The van der Waals surface area contributed by atoms with Crippen LogP contribution in [0.3, 0.4) is 0 Å². The Kier molecular flexibility index (Phi) is 8.88. The standard InChI is InChI=1S/C30H44N2O6S/c1-17-9-8-12-30(5)24(38-30)14-21(19-10-11-22-20(13-19)31-25(39-22)16-32(6)7)37-26(34)15-23(33)29(3,4)28(36)18(2)27(17)35/h10-11,13,17-18,21,23-24,27,33,35H,8-9,12,14-16H2,1-7H3/t17?,18?,21-,23?,24-,27-,30+/m0/s1. The highest BCUT2D eigenvalue weighted by atomic mass is 32.1. The molecular formula is C30H44N2O6S. The summed E-state index contributed by atoms with van der Waals surface area (Å²) in [6.07, 6.45) is -0.0841. The van der Waals surface area contributed by atoms with E-state index in [4.69, 9.17) is 14.5 Å². The molecule has 2 aromatic rings. The molecule has 39 heavy (non-hydrogen) atoms. The first kappa shape index (κ1) is 30.1. The van der Waals surface area contributed by atoms with Crippen LogP contribution < -0.4 is 0 Å². The first-order chi connectivity index (χ1) is 18.2. The van der Waals surface area contributed by atoms with Crippen LogP contribution in [0.25, 0.3) is 10.2 Å². The van der Waals surface area contributed by atoms with Gasteiger partial charge in [-0.15, -0.1) is 11.3 Å². The molecule has 7 atom stereocenters. The normalized spacial score (nSPS) is 34.6. The van der Waals surface area contributed by atoms with E-state index in [1.165, 1.54) is 0 Å². The quantitative estimate of drug-likeness (QED) is 0.412. The Labute approximate surface area is 235 Å². The first-order valence-electron chi connectivity index (χ1n) is 14.0. The van der Waals surface area contributed by atoms with Crippen LogP contribution in [0, 0.1) is 17.3 Å². The molecule has 2 fully saturated rings. The minimum atomic E-state index is -1.24. The van der Waals surface area contributed by atoms with Crippen LogP contribution in [0.2, 0.25) is 0 Å². The molecule has 0 aliphatic carbocycles. The van der Waals surface area contributed by atoms with E-state index in [9.17, 15) is 19.8 Å². The molecule has 2 aliphatic rings. The highest BCUT2D eigenvalue weighted by Crippen LogP contribution is 2.47. The Morgan fingerprint density at radius 3 is 2.56 bits per heavy atom. The fourth-order valence-electron chi connectivity index (χ4n) is 5.75. The number of aromatic nitrogens is 1. The number of Topliss-reactive ketones (excluding diaryl/α,β-unsaturated/α-hetero) is 1. The molecule has 3 heterocycles. The van der Waals surface area contributed by atoms with Gasteiger partial charge in [0.15, 0.2) is 0 Å². The number of thiazole rings is 1. The molecule has 1 aromatic carbocycles. The lowest BCUT2D eigenvalue weighted by atomic mass is 9.73. The maximum atomic E-state index is 13.3. The van der Waals surface area contributed by atoms with E-state index in [0.717, 1.165) is 46.6 Å². The third-order valence-corrected chi connectivity index (χ3v) is 9.71. The number of ketones is 1. The number of cyclic esters (lactones) is 1. The molecule has 2 aliphatic heterocycles. The zero-order valence-corrected chi connectivity index (χ0v) is 25.1. The van der Waals surface area contributed by atoms with Crippen LogP contribution in [-0.2, 0) is 25.6 Å². The Morgan fingerprint density at radius 2 is 1.87 bits per heavy atom. The molecule has 9 heteroatoms. The number of nitrogens with zero attached hydrogens (tertiary/aromatic N) is 2. The second-order valence-electron chi connectivity index (χ2n) is 12.7. The van der Waals surface area contributed by atoms with Gasteiger partial charge in [0.05, 0.1) is 46.0 Å². The first-order valence-corrected chi connectivity index (χ1v) is 14.8. The number of esters is 1. The molecule has 2 N–H and O–H groups in total. The fraction of sp³-hybridized carbons (Fsp3) is 0.700. The van der Waals surface area contributed by atoms with Crippen molar-refractivity contribution < 1.29 is 29.3 Å². The minimum absolute atomic E-state index is 0.0688. The maximum Gasteiger partial charge on any atom is 0.309 e. The molecule has 2 saturated heterocycles. The Bertz CT molecular complexity index is 1200. The van der Waals surface area contributed by atoms with Crippen LogP contribution in [0.5, 0.6) is 0 Å². The lowest BCUT2D eigenvalue weighted by Gasteiger charge is -2.34. The summed E-state index contributed by atoms with van der Waals surface area (Å²) in [7, 11) is 4.02. The van der Waals surface area contributed by atoms with Crippen LogP contribution >= 0.6 is 11.3 Å². The molecule has 0 bridgehead atoms. The summed E-state index contributed by atoms with van der Waals surface area (Å²) in [5.74, 6) is -1.57. The maximum absolute atomic E-state index is 13.3. The summed E-state index contributed by atoms with van der Waals surface area (Å²) in [6, 6.07) is 5.98. The average molecular weight is 561 g/mol. The smallest absolute Gasteiger partial charge is 0.309 e. The van der Waals surface area contributed by atoms with Crippen molar-refractivity contribution >= 4 is 33.3 Å². The van der Waals surface area contributed by atoms with Crippen molar-refractivity contribution in [3.63, 3.8) is 0 Å². The number of epoxide rings is 1. The number of aliphatic hydroxyl groups excluding tert-OH is 2. The van der Waals surface area contributed by atoms with Gasteiger partial charge in [-0.3, -0.25) is 9.59 Å². The number of aliphatic hydroxyl groups is 2. The van der Waals surface area contributed by atoms with Gasteiger partial charge < -0.3 is 24.6 Å². The SMILES string of the molecule is CC1CCC[C@@]2(C)O[C@H]2C[C@@H](c2ccc3sc(CN(C)C)nc3c2)OC(=O)CC(O)C(C)(C)C(=O)C(C)[C@H]1O. The summed E-state index contributed by atoms with van der Waals surface area (Å²) in [5, 5.41) is 22.9. The van der Waals surface area contributed by atoms with Gasteiger partial charge in [0.25, 0.3) is 0 Å². The van der Waals surface area contributed by atoms with Gasteiger partial charge in [0.2, 0.25) is 0 Å². The molecule has 0 amide bonds. The second kappa shape index (κ2) is 11.5. The highest BCUT2D eigenvalue weighted by Gasteiger charge is 2.53. The van der Waals surface area contributed by atoms with Crippen LogP contribution in [0.4, 0.5) is 0 Å². The minimum Gasteiger partial charge on any atom is -0.457 e. The lowest BCUT2D eigenvalue weighted by Crippen LogP contribution is -2.45. The van der Waals surface area contributed by atoms with Gasteiger partial charge in [-0.05, 0) is 57.5 Å². The fourth-order valence-corrected chi connectivity index (χ4v) is 6.82. The largest absolute Gasteiger partial charge is 0.457 e. The zero-order chi connectivity index (χ0) is 28.7. The molecule has 3 unspecified atom stereocenters. The van der Waals surface area contributed by atoms with Crippen LogP contribution in [0.1, 0.15) is 83.4 Å². The third kappa shape index (κ3) is 6.70. The summed E-state index contributed by atoms with van der Waals surface area (Å²) < 4.78 is 13.2. The molecule has 1 aromatic heterocycles. The van der Waals surface area contributed by atoms with Crippen molar-refractivity contribution in [3.8, 4) is 0 Å². The van der Waals surface area contributed by atoms with E-state index in [0.29, 0.717) is 6.42 Å². The van der Waals surface area contributed by atoms with E-state index in [-0.39, 0.29) is 29.8 Å². The molecular weight excluding hydrogens is 516 g/mol. The lowest BCUT2D eigenvalue weighted by molar-refractivity contribution is -0.156. The van der Waals surface area contributed by atoms with Gasteiger partial charge in [-0.2, -0.15) is 0 Å². The topological polar surface area (TPSA) is 112 Å². The highest BCUT2D eigenvalue weighted by molar-refractivity contribution is 7.18. The Hall–Kier alpha value is -1.91. The number of fused-ring (bicyclic) bond motifs is 2. The van der Waals surface area contributed by atoms with E-state index in [1.807, 2.05) is 39.2 Å². The molecule has 0 saturated carbocycles. The number of hydrogen-bond acceptors (Lipinski definition) is 9. The van der Waals surface area contributed by atoms with E-state index in [2.05, 4.69) is 11.8 Å². The monoisotopic (exact) mass is 560 g/mol. The summed E-state index contributed by atoms with van der Waals surface area (Å²) in [6.45, 7) is 9.76. The van der Waals surface area contributed by atoms with E-state index in [1.54, 1.807) is 32.1 Å². The number of ether oxygens (including phenoxy) is 2. The number of carbonyl (C=O) groups is 2. The number of hydrogen-bond donors (Lipinski definition) is 2. The molecule has 216 valence electrons. The Morgan fingerprint density at radius 1 is 1.15 bits per heavy atom. The second-order valence-corrected chi connectivity index (χ2v) is 13.8. The van der Waals surface area contributed by atoms with Gasteiger partial charge in [0.1, 0.15) is 16.9 Å². The van der Waals surface area contributed by atoms with Crippen molar-refractivity contribution in [1.82, 2.24) is 9.88 Å². The third-order valence-electron chi connectivity index (χ3n) is 8.69. The van der Waals surface area contributed by atoms with Gasteiger partial charge in [0, 0.05) is 18.9 Å². The molecule has 8 nitrogen and oxygen atoms in total. The zero-order valence-electron chi connectivity index (χ0n) is 24.3. The number of benzene rings is 1. The van der Waals surface area contributed by atoms with Gasteiger partial charge in [-0.1, -0.05) is 40.2 Å². The van der Waals surface area contributed by atoms with E-state index >= 15 is 0 Å². The van der Waals surface area contributed by atoms with Crippen molar-refractivity contribution in [1.29, 1.82) is 0 Å². The average Bonchev–Trinajstić information content (AvgIpc) is 3.31. The molecule has 0 radical (unpaired) electrons. The summed E-state index contributed by atoms with van der Waals surface area (Å²) in [5.41, 5.74) is 0.169. The Balaban J connectivity index is 1.61. The van der Waals surface area contributed by atoms with E-state index < -0.39 is 35.6 Å². The van der Waals surface area contributed by atoms with Gasteiger partial charge >= 0.3 is 5.97 Å².